The Morgan fingerprint density at radius 2 is 1.96 bits per heavy atom. The molecule has 2 aromatic carbocycles. The molecule has 0 aliphatic carbocycles. The fraction of sp³-hybridized carbons (Fsp3) is 0.316. The quantitative estimate of drug-likeness (QED) is 0.742. The molecule has 5 heteroatoms. The molecule has 1 amide bonds. The highest BCUT2D eigenvalue weighted by atomic mass is 79.9. The molecule has 0 aliphatic rings. The molecule has 0 heterocycles. The van der Waals surface area contributed by atoms with Gasteiger partial charge >= 0.3 is 0 Å². The van der Waals surface area contributed by atoms with E-state index in [-0.39, 0.29) is 12.0 Å². The smallest absolute Gasteiger partial charge is 0.220 e. The van der Waals surface area contributed by atoms with Crippen molar-refractivity contribution < 1.29 is 14.3 Å². The lowest BCUT2D eigenvalue weighted by atomic mass is 10.1. The zero-order valence-corrected chi connectivity index (χ0v) is 15.5. The number of hydrogen-bond acceptors (Lipinski definition) is 3. The van der Waals surface area contributed by atoms with Gasteiger partial charge < -0.3 is 14.8 Å². The van der Waals surface area contributed by atoms with Crippen molar-refractivity contribution in [1.82, 2.24) is 5.32 Å². The summed E-state index contributed by atoms with van der Waals surface area (Å²) in [5.74, 6) is 0.783. The highest BCUT2D eigenvalue weighted by Crippen LogP contribution is 2.21. The summed E-state index contributed by atoms with van der Waals surface area (Å²) in [4.78, 5) is 12.1. The third kappa shape index (κ3) is 5.35. The molecule has 0 spiro atoms. The summed E-state index contributed by atoms with van der Waals surface area (Å²) in [6.07, 6.45) is 0.939. The van der Waals surface area contributed by atoms with E-state index in [1.807, 2.05) is 48.5 Å². The molecule has 1 N–H and O–H groups in total. The number of methoxy groups -OCH3 is 2. The molecular formula is C19H22BrNO3. The van der Waals surface area contributed by atoms with E-state index in [9.17, 15) is 4.79 Å². The number of aryl methyl sites for hydroxylation is 1. The molecule has 0 aliphatic heterocycles. The standard InChI is InChI=1S/C19H22BrNO3/c1-23-16-8-5-7-15(12-16)18(24-2)13-21-19(22)11-10-14-6-3-4-9-17(14)20/h3-9,12,18H,10-11,13H2,1-2H3,(H,21,22)/t18-/m0/s1. The van der Waals surface area contributed by atoms with Gasteiger partial charge in [-0.1, -0.05) is 46.3 Å². The summed E-state index contributed by atoms with van der Waals surface area (Å²) in [6.45, 7) is 0.429. The first-order chi connectivity index (χ1) is 11.6. The molecule has 1 atom stereocenters. The lowest BCUT2D eigenvalue weighted by Crippen LogP contribution is -2.29. The molecular weight excluding hydrogens is 370 g/mol. The van der Waals surface area contributed by atoms with Crippen LogP contribution in [0, 0.1) is 0 Å². The number of amides is 1. The van der Waals surface area contributed by atoms with Gasteiger partial charge in [0.25, 0.3) is 0 Å². The van der Waals surface area contributed by atoms with E-state index >= 15 is 0 Å². The third-order valence-electron chi connectivity index (χ3n) is 3.81. The Kier molecular flexibility index (Phi) is 7.28. The van der Waals surface area contributed by atoms with Crippen LogP contribution >= 0.6 is 15.9 Å². The first-order valence-corrected chi connectivity index (χ1v) is 8.60. The molecule has 2 rings (SSSR count). The zero-order chi connectivity index (χ0) is 17.4. The first-order valence-electron chi connectivity index (χ1n) is 7.81. The number of halogens is 1. The van der Waals surface area contributed by atoms with Crippen LogP contribution < -0.4 is 10.1 Å². The van der Waals surface area contributed by atoms with Crippen LogP contribution in [-0.4, -0.2) is 26.7 Å². The summed E-state index contributed by atoms with van der Waals surface area (Å²) in [7, 11) is 3.27. The van der Waals surface area contributed by atoms with E-state index in [0.29, 0.717) is 19.4 Å². The SMILES string of the molecule is COc1cccc([C@H](CNC(=O)CCc2ccccc2Br)OC)c1. The second-order valence-corrected chi connectivity index (χ2v) is 6.25. The van der Waals surface area contributed by atoms with Crippen LogP contribution in [0.4, 0.5) is 0 Å². The normalized spacial score (nSPS) is 11.8. The first kappa shape index (κ1) is 18.5. The second-order valence-electron chi connectivity index (χ2n) is 5.40. The summed E-state index contributed by atoms with van der Waals surface area (Å²) < 4.78 is 11.7. The van der Waals surface area contributed by atoms with Gasteiger partial charge in [-0.05, 0) is 35.7 Å². The van der Waals surface area contributed by atoms with Crippen LogP contribution in [0.2, 0.25) is 0 Å². The van der Waals surface area contributed by atoms with Crippen molar-refractivity contribution in [2.75, 3.05) is 20.8 Å². The minimum Gasteiger partial charge on any atom is -0.497 e. The number of ether oxygens (including phenoxy) is 2. The van der Waals surface area contributed by atoms with Gasteiger partial charge in [-0.15, -0.1) is 0 Å². The van der Waals surface area contributed by atoms with E-state index in [2.05, 4.69) is 21.2 Å². The Labute approximate surface area is 151 Å². The molecule has 0 saturated carbocycles. The highest BCUT2D eigenvalue weighted by Gasteiger charge is 2.13. The van der Waals surface area contributed by atoms with Crippen LogP contribution in [0.15, 0.2) is 53.0 Å². The van der Waals surface area contributed by atoms with Gasteiger partial charge in [0.2, 0.25) is 5.91 Å². The van der Waals surface area contributed by atoms with Gasteiger partial charge in [0.15, 0.2) is 0 Å². The van der Waals surface area contributed by atoms with Gasteiger partial charge in [-0.2, -0.15) is 0 Å². The van der Waals surface area contributed by atoms with Crippen LogP contribution in [0.3, 0.4) is 0 Å². The van der Waals surface area contributed by atoms with Crippen molar-refractivity contribution >= 4 is 21.8 Å². The van der Waals surface area contributed by atoms with E-state index in [1.54, 1.807) is 14.2 Å². The predicted molar refractivity (Wildman–Crippen MR) is 98.2 cm³/mol. The van der Waals surface area contributed by atoms with Crippen molar-refractivity contribution in [3.8, 4) is 5.75 Å². The van der Waals surface area contributed by atoms with Crippen molar-refractivity contribution in [1.29, 1.82) is 0 Å². The van der Waals surface area contributed by atoms with Crippen LogP contribution in [-0.2, 0) is 16.0 Å². The van der Waals surface area contributed by atoms with Gasteiger partial charge in [-0.3, -0.25) is 4.79 Å². The van der Waals surface area contributed by atoms with Crippen LogP contribution in [0.5, 0.6) is 5.75 Å². The Morgan fingerprint density at radius 3 is 2.67 bits per heavy atom. The molecule has 0 bridgehead atoms. The Morgan fingerprint density at radius 1 is 1.17 bits per heavy atom. The lowest BCUT2D eigenvalue weighted by molar-refractivity contribution is -0.121. The number of carbonyl (C=O) groups excluding carboxylic acids is 1. The molecule has 24 heavy (non-hydrogen) atoms. The average molecular weight is 392 g/mol. The number of rotatable bonds is 8. The number of hydrogen-bond donors (Lipinski definition) is 1. The van der Waals surface area contributed by atoms with Gasteiger partial charge in [0, 0.05) is 24.5 Å². The van der Waals surface area contributed by atoms with Gasteiger partial charge in [0.1, 0.15) is 5.75 Å². The predicted octanol–water partition coefficient (Wildman–Crippen LogP) is 3.89. The van der Waals surface area contributed by atoms with Gasteiger partial charge in [-0.25, -0.2) is 0 Å². The van der Waals surface area contributed by atoms with Crippen molar-refractivity contribution in [3.05, 3.63) is 64.1 Å². The highest BCUT2D eigenvalue weighted by molar-refractivity contribution is 9.10. The maximum absolute atomic E-state index is 12.1. The molecule has 0 aromatic heterocycles. The molecule has 4 nitrogen and oxygen atoms in total. The second kappa shape index (κ2) is 9.45. The number of carbonyl (C=O) groups is 1. The average Bonchev–Trinajstić information content (AvgIpc) is 2.61. The number of nitrogens with one attached hydrogen (secondary N) is 1. The van der Waals surface area contributed by atoms with Crippen molar-refractivity contribution in [2.45, 2.75) is 18.9 Å². The lowest BCUT2D eigenvalue weighted by Gasteiger charge is -2.17. The molecule has 0 unspecified atom stereocenters. The number of benzene rings is 2. The molecule has 0 fully saturated rings. The molecule has 0 radical (unpaired) electrons. The largest absolute Gasteiger partial charge is 0.497 e. The molecule has 2 aromatic rings. The van der Waals surface area contributed by atoms with Gasteiger partial charge in [0.05, 0.1) is 13.2 Å². The van der Waals surface area contributed by atoms with Crippen LogP contribution in [0.25, 0.3) is 0 Å². The van der Waals surface area contributed by atoms with Crippen LogP contribution in [0.1, 0.15) is 23.7 Å². The molecule has 128 valence electrons. The summed E-state index contributed by atoms with van der Waals surface area (Å²) in [5, 5.41) is 2.94. The summed E-state index contributed by atoms with van der Waals surface area (Å²) >= 11 is 3.50. The minimum atomic E-state index is -0.201. The van der Waals surface area contributed by atoms with E-state index in [0.717, 1.165) is 21.3 Å². The fourth-order valence-corrected chi connectivity index (χ4v) is 2.91. The maximum Gasteiger partial charge on any atom is 0.220 e. The topological polar surface area (TPSA) is 47.6 Å². The maximum atomic E-state index is 12.1. The monoisotopic (exact) mass is 391 g/mol. The minimum absolute atomic E-state index is 0.00991. The zero-order valence-electron chi connectivity index (χ0n) is 13.9. The van der Waals surface area contributed by atoms with Crippen molar-refractivity contribution in [3.63, 3.8) is 0 Å². The van der Waals surface area contributed by atoms with Crippen molar-refractivity contribution in [2.24, 2.45) is 0 Å². The third-order valence-corrected chi connectivity index (χ3v) is 4.59. The summed E-state index contributed by atoms with van der Waals surface area (Å²) in [6, 6.07) is 15.6. The Balaban J connectivity index is 1.86. The van der Waals surface area contributed by atoms with E-state index in [1.165, 1.54) is 0 Å². The fourth-order valence-electron chi connectivity index (χ4n) is 2.42. The summed E-state index contributed by atoms with van der Waals surface area (Å²) in [5.41, 5.74) is 2.10. The Hall–Kier alpha value is -1.85. The van der Waals surface area contributed by atoms with E-state index in [4.69, 9.17) is 9.47 Å². The van der Waals surface area contributed by atoms with E-state index < -0.39 is 0 Å². The Bertz CT molecular complexity index is 675. The molecule has 0 saturated heterocycles.